The van der Waals surface area contributed by atoms with E-state index >= 15 is 0 Å². The largest absolute Gasteiger partial charge is 0.357 e. The van der Waals surface area contributed by atoms with E-state index in [1.807, 2.05) is 37.8 Å². The molecule has 6 heteroatoms. The number of hydrogen-bond acceptors (Lipinski definition) is 2. The maximum absolute atomic E-state index is 14.2. The third kappa shape index (κ3) is 4.83. The number of nitrogens with one attached hydrogen (secondary N) is 2. The summed E-state index contributed by atoms with van der Waals surface area (Å²) >= 11 is 0. The maximum Gasteiger partial charge on any atom is 0.225 e. The maximum atomic E-state index is 14.2. The number of carbonyl (C=O) groups excluding carboxylic acids is 1. The summed E-state index contributed by atoms with van der Waals surface area (Å²) in [5, 5.41) is 6.83. The highest BCUT2D eigenvalue weighted by Gasteiger charge is 2.45. The molecule has 0 atom stereocenters. The van der Waals surface area contributed by atoms with Crippen molar-refractivity contribution >= 4 is 11.9 Å². The van der Waals surface area contributed by atoms with Crippen LogP contribution in [-0.2, 0) is 10.2 Å². The Balaban J connectivity index is 1.58. The van der Waals surface area contributed by atoms with Crippen LogP contribution in [-0.4, -0.2) is 49.0 Å². The number of nitrogens with zero attached hydrogens (tertiary/aromatic N) is 2. The molecular formula is C22H33FN4O. The van der Waals surface area contributed by atoms with Gasteiger partial charge in [0.25, 0.3) is 0 Å². The average Bonchev–Trinajstić information content (AvgIpc) is 3.47. The highest BCUT2D eigenvalue weighted by molar-refractivity contribution is 5.80. The molecular weight excluding hydrogens is 355 g/mol. The Bertz CT molecular complexity index is 706. The van der Waals surface area contributed by atoms with Crippen LogP contribution in [0, 0.1) is 11.7 Å². The predicted molar refractivity (Wildman–Crippen MR) is 111 cm³/mol. The summed E-state index contributed by atoms with van der Waals surface area (Å²) in [6.07, 6.45) is 3.79. The van der Waals surface area contributed by atoms with E-state index in [0.717, 1.165) is 56.8 Å². The van der Waals surface area contributed by atoms with Gasteiger partial charge in [0.1, 0.15) is 5.82 Å². The summed E-state index contributed by atoms with van der Waals surface area (Å²) in [6, 6.07) is 7.37. The molecule has 1 saturated heterocycles. The molecule has 2 N–H and O–H groups in total. The van der Waals surface area contributed by atoms with Gasteiger partial charge in [0.05, 0.1) is 6.54 Å². The van der Waals surface area contributed by atoms with Crippen LogP contribution in [0.25, 0.3) is 0 Å². The van der Waals surface area contributed by atoms with Crippen molar-refractivity contribution in [2.24, 2.45) is 10.9 Å². The molecule has 0 spiro atoms. The van der Waals surface area contributed by atoms with Gasteiger partial charge in [-0.2, -0.15) is 0 Å². The number of hydrogen-bond donors (Lipinski definition) is 2. The van der Waals surface area contributed by atoms with Gasteiger partial charge in [0.2, 0.25) is 5.91 Å². The summed E-state index contributed by atoms with van der Waals surface area (Å²) in [5.74, 6) is 0.949. The van der Waals surface area contributed by atoms with Gasteiger partial charge in [-0.1, -0.05) is 32.0 Å². The quantitative estimate of drug-likeness (QED) is 0.582. The number of aliphatic imine (C=N–C) groups is 1. The summed E-state index contributed by atoms with van der Waals surface area (Å²) in [6.45, 7) is 8.89. The summed E-state index contributed by atoms with van der Waals surface area (Å²) < 4.78 is 14.2. The molecule has 1 aliphatic heterocycles. The lowest BCUT2D eigenvalue weighted by Crippen LogP contribution is -2.50. The Kier molecular flexibility index (Phi) is 6.57. The van der Waals surface area contributed by atoms with Crippen molar-refractivity contribution in [2.45, 2.75) is 57.9 Å². The van der Waals surface area contributed by atoms with Gasteiger partial charge in [0.15, 0.2) is 5.96 Å². The van der Waals surface area contributed by atoms with Crippen molar-refractivity contribution in [2.75, 3.05) is 26.2 Å². The minimum Gasteiger partial charge on any atom is -0.357 e. The van der Waals surface area contributed by atoms with E-state index in [4.69, 9.17) is 4.99 Å². The first-order valence-corrected chi connectivity index (χ1v) is 10.5. The molecule has 1 saturated carbocycles. The Morgan fingerprint density at radius 1 is 1.29 bits per heavy atom. The molecule has 0 unspecified atom stereocenters. The molecule has 2 fully saturated rings. The van der Waals surface area contributed by atoms with Crippen molar-refractivity contribution in [1.82, 2.24) is 15.5 Å². The van der Waals surface area contributed by atoms with Crippen LogP contribution in [0.2, 0.25) is 0 Å². The molecule has 0 radical (unpaired) electrons. The van der Waals surface area contributed by atoms with Crippen LogP contribution in [0.3, 0.4) is 0 Å². The van der Waals surface area contributed by atoms with E-state index in [9.17, 15) is 9.18 Å². The number of carbonyl (C=O) groups is 1. The molecule has 1 aliphatic carbocycles. The second-order valence-corrected chi connectivity index (χ2v) is 8.35. The molecule has 2 aliphatic rings. The number of likely N-dealkylation sites (tertiary alicyclic amines) is 1. The minimum absolute atomic E-state index is 0.0523. The Labute approximate surface area is 167 Å². The molecule has 3 rings (SSSR count). The van der Waals surface area contributed by atoms with E-state index in [2.05, 4.69) is 10.6 Å². The minimum atomic E-state index is -0.152. The lowest BCUT2D eigenvalue weighted by atomic mass is 9.95. The number of rotatable bonds is 6. The first kappa shape index (κ1) is 20.6. The van der Waals surface area contributed by atoms with Crippen LogP contribution in [0.4, 0.5) is 4.39 Å². The fourth-order valence-electron chi connectivity index (χ4n) is 3.91. The van der Waals surface area contributed by atoms with Crippen molar-refractivity contribution in [3.8, 4) is 0 Å². The van der Waals surface area contributed by atoms with Crippen molar-refractivity contribution in [3.63, 3.8) is 0 Å². The van der Waals surface area contributed by atoms with Crippen molar-refractivity contribution in [1.29, 1.82) is 0 Å². The number of amides is 1. The van der Waals surface area contributed by atoms with Crippen molar-refractivity contribution < 1.29 is 9.18 Å². The zero-order valence-corrected chi connectivity index (χ0v) is 17.3. The topological polar surface area (TPSA) is 56.7 Å². The fraction of sp³-hybridized carbons (Fsp3) is 0.636. The molecule has 0 aromatic heterocycles. The van der Waals surface area contributed by atoms with Crippen LogP contribution in [0.1, 0.15) is 52.0 Å². The Morgan fingerprint density at radius 2 is 1.96 bits per heavy atom. The molecule has 1 heterocycles. The van der Waals surface area contributed by atoms with E-state index in [-0.39, 0.29) is 23.1 Å². The molecule has 5 nitrogen and oxygen atoms in total. The average molecular weight is 389 g/mol. The lowest BCUT2D eigenvalue weighted by Gasteiger charge is -2.34. The van der Waals surface area contributed by atoms with Gasteiger partial charge >= 0.3 is 0 Å². The highest BCUT2D eigenvalue weighted by Crippen LogP contribution is 2.49. The Morgan fingerprint density at radius 3 is 2.54 bits per heavy atom. The fourth-order valence-corrected chi connectivity index (χ4v) is 3.91. The van der Waals surface area contributed by atoms with E-state index in [1.165, 1.54) is 6.07 Å². The normalized spacial score (nSPS) is 19.6. The van der Waals surface area contributed by atoms with Crippen molar-refractivity contribution in [3.05, 3.63) is 35.6 Å². The van der Waals surface area contributed by atoms with Gasteiger partial charge < -0.3 is 15.5 Å². The molecule has 0 bridgehead atoms. The predicted octanol–water partition coefficient (Wildman–Crippen LogP) is 3.06. The smallest absolute Gasteiger partial charge is 0.225 e. The third-order valence-electron chi connectivity index (χ3n) is 5.82. The van der Waals surface area contributed by atoms with E-state index < -0.39 is 0 Å². The van der Waals surface area contributed by atoms with E-state index in [0.29, 0.717) is 12.6 Å². The number of guanidine groups is 1. The zero-order chi connectivity index (χ0) is 20.1. The van der Waals surface area contributed by atoms with Gasteiger partial charge in [-0.3, -0.25) is 9.79 Å². The van der Waals surface area contributed by atoms with Gasteiger partial charge in [0, 0.05) is 37.0 Å². The summed E-state index contributed by atoms with van der Waals surface area (Å²) in [4.78, 5) is 18.9. The zero-order valence-electron chi connectivity index (χ0n) is 17.3. The molecule has 1 aromatic rings. The molecule has 154 valence electrons. The lowest BCUT2D eigenvalue weighted by molar-refractivity contribution is -0.135. The summed E-state index contributed by atoms with van der Waals surface area (Å²) in [5.41, 5.74) is 0.635. The first-order chi connectivity index (χ1) is 13.4. The van der Waals surface area contributed by atoms with Gasteiger partial charge in [-0.05, 0) is 44.2 Å². The summed E-state index contributed by atoms with van der Waals surface area (Å²) in [7, 11) is 0. The first-order valence-electron chi connectivity index (χ1n) is 10.5. The second-order valence-electron chi connectivity index (χ2n) is 8.35. The van der Waals surface area contributed by atoms with Crippen LogP contribution < -0.4 is 10.6 Å². The highest BCUT2D eigenvalue weighted by atomic mass is 19.1. The number of benzene rings is 1. The molecule has 1 amide bonds. The van der Waals surface area contributed by atoms with Crippen LogP contribution in [0.15, 0.2) is 29.3 Å². The van der Waals surface area contributed by atoms with Crippen LogP contribution >= 0.6 is 0 Å². The standard InChI is InChI=1S/C22H33FN4O/c1-4-24-21(26-17-9-13-27(14-10-17)20(28)16(2)3)25-15-22(11-12-22)18-7-5-6-8-19(18)23/h5-8,16-17H,4,9-15H2,1-3H3,(H2,24,25,26). The second kappa shape index (κ2) is 8.93. The third-order valence-corrected chi connectivity index (χ3v) is 5.82. The van der Waals surface area contributed by atoms with Crippen LogP contribution in [0.5, 0.6) is 0 Å². The number of piperidine rings is 1. The Hall–Kier alpha value is -2.11. The van der Waals surface area contributed by atoms with Gasteiger partial charge in [-0.15, -0.1) is 0 Å². The SMILES string of the molecule is CCNC(=NCC1(c2ccccc2F)CC1)NC1CCN(C(=O)C(C)C)CC1. The van der Waals surface area contributed by atoms with E-state index in [1.54, 1.807) is 6.07 Å². The molecule has 1 aromatic carbocycles. The monoisotopic (exact) mass is 388 g/mol. The van der Waals surface area contributed by atoms with Gasteiger partial charge in [-0.25, -0.2) is 4.39 Å². The molecule has 28 heavy (non-hydrogen) atoms. The number of halogens is 1.